The van der Waals surface area contributed by atoms with Gasteiger partial charge in [-0.05, 0) is 25.0 Å². The SMILES string of the molecule is O=S1(=O)CCCc2nc3cc(Cl)c(Cl)cc3nc21. The zero-order valence-corrected chi connectivity index (χ0v) is 11.5. The van der Waals surface area contributed by atoms with Crippen LogP contribution in [0, 0.1) is 0 Å². The number of rotatable bonds is 0. The molecular weight excluding hydrogens is 295 g/mol. The first kappa shape index (κ1) is 12.1. The smallest absolute Gasteiger partial charge is 0.197 e. The molecule has 4 nitrogen and oxygen atoms in total. The Balaban J connectivity index is 2.37. The summed E-state index contributed by atoms with van der Waals surface area (Å²) in [5, 5.41) is 0.809. The van der Waals surface area contributed by atoms with Crippen molar-refractivity contribution in [1.29, 1.82) is 0 Å². The van der Waals surface area contributed by atoms with Crippen molar-refractivity contribution in [2.24, 2.45) is 0 Å². The minimum absolute atomic E-state index is 0.0830. The third-order valence-electron chi connectivity index (χ3n) is 2.86. The first-order valence-corrected chi connectivity index (χ1v) is 7.76. The minimum atomic E-state index is -3.31. The molecule has 0 fully saturated rings. The fourth-order valence-electron chi connectivity index (χ4n) is 2.01. The van der Waals surface area contributed by atoms with Gasteiger partial charge in [-0.25, -0.2) is 18.4 Å². The van der Waals surface area contributed by atoms with E-state index in [1.54, 1.807) is 6.07 Å². The van der Waals surface area contributed by atoms with Gasteiger partial charge in [-0.2, -0.15) is 0 Å². The molecule has 3 rings (SSSR count). The van der Waals surface area contributed by atoms with Gasteiger partial charge < -0.3 is 0 Å². The van der Waals surface area contributed by atoms with Crippen molar-refractivity contribution >= 4 is 44.1 Å². The lowest BCUT2D eigenvalue weighted by molar-refractivity contribution is 0.579. The highest BCUT2D eigenvalue weighted by Crippen LogP contribution is 2.29. The summed E-state index contributed by atoms with van der Waals surface area (Å²) in [6.45, 7) is 0. The van der Waals surface area contributed by atoms with Crippen LogP contribution < -0.4 is 0 Å². The third-order valence-corrected chi connectivity index (χ3v) is 5.33. The number of halogens is 2. The lowest BCUT2D eigenvalue weighted by Crippen LogP contribution is -2.19. The Hall–Kier alpha value is -0.910. The van der Waals surface area contributed by atoms with E-state index >= 15 is 0 Å². The van der Waals surface area contributed by atoms with E-state index < -0.39 is 9.84 Å². The second-order valence-electron chi connectivity index (χ2n) is 4.15. The van der Waals surface area contributed by atoms with Gasteiger partial charge in [-0.1, -0.05) is 23.2 Å². The first-order valence-electron chi connectivity index (χ1n) is 5.36. The Morgan fingerprint density at radius 3 is 2.33 bits per heavy atom. The van der Waals surface area contributed by atoms with E-state index in [-0.39, 0.29) is 10.8 Å². The van der Waals surface area contributed by atoms with Gasteiger partial charge in [-0.3, -0.25) is 0 Å². The lowest BCUT2D eigenvalue weighted by Gasteiger charge is -2.15. The Labute approximate surface area is 114 Å². The predicted octanol–water partition coefficient (Wildman–Crippen LogP) is 2.66. The summed E-state index contributed by atoms with van der Waals surface area (Å²) in [5.41, 5.74) is 1.54. The molecule has 1 aliphatic rings. The van der Waals surface area contributed by atoms with Crippen LogP contribution in [0.5, 0.6) is 0 Å². The van der Waals surface area contributed by atoms with Crippen molar-refractivity contribution in [3.63, 3.8) is 0 Å². The number of sulfone groups is 1. The van der Waals surface area contributed by atoms with Gasteiger partial charge in [0.05, 0.1) is 32.5 Å². The molecule has 0 N–H and O–H groups in total. The number of aryl methyl sites for hydroxylation is 1. The summed E-state index contributed by atoms with van der Waals surface area (Å²) in [6, 6.07) is 3.14. The van der Waals surface area contributed by atoms with Crippen molar-refractivity contribution in [2.45, 2.75) is 17.9 Å². The number of hydrogen-bond acceptors (Lipinski definition) is 4. The van der Waals surface area contributed by atoms with Gasteiger partial charge in [0.15, 0.2) is 14.9 Å². The molecule has 1 aromatic carbocycles. The van der Waals surface area contributed by atoms with Gasteiger partial charge in [-0.15, -0.1) is 0 Å². The van der Waals surface area contributed by atoms with Crippen LogP contribution in [0.25, 0.3) is 11.0 Å². The highest BCUT2D eigenvalue weighted by Gasteiger charge is 2.27. The molecule has 2 heterocycles. The van der Waals surface area contributed by atoms with Crippen molar-refractivity contribution in [2.75, 3.05) is 5.75 Å². The summed E-state index contributed by atoms with van der Waals surface area (Å²) in [5.74, 6) is 0.126. The van der Waals surface area contributed by atoms with Crippen LogP contribution in [-0.2, 0) is 16.3 Å². The molecule has 0 bridgehead atoms. The van der Waals surface area contributed by atoms with Crippen LogP contribution in [0.2, 0.25) is 10.0 Å². The second-order valence-corrected chi connectivity index (χ2v) is 6.99. The van der Waals surface area contributed by atoms with Gasteiger partial charge in [0.25, 0.3) is 0 Å². The first-order chi connectivity index (χ1) is 8.47. The number of nitrogens with zero attached hydrogens (tertiary/aromatic N) is 2. The van der Waals surface area contributed by atoms with E-state index in [0.717, 1.165) is 0 Å². The molecule has 0 saturated heterocycles. The van der Waals surface area contributed by atoms with Gasteiger partial charge in [0, 0.05) is 0 Å². The van der Waals surface area contributed by atoms with Crippen LogP contribution in [0.3, 0.4) is 0 Å². The topological polar surface area (TPSA) is 59.9 Å². The maximum absolute atomic E-state index is 11.9. The van der Waals surface area contributed by atoms with Crippen molar-refractivity contribution < 1.29 is 8.42 Å². The number of benzene rings is 1. The summed E-state index contributed by atoms with van der Waals surface area (Å²) in [6.07, 6.45) is 1.20. The Morgan fingerprint density at radius 2 is 1.67 bits per heavy atom. The van der Waals surface area contributed by atoms with Gasteiger partial charge in [0.1, 0.15) is 0 Å². The molecule has 0 amide bonds. The molecule has 0 atom stereocenters. The molecule has 0 radical (unpaired) electrons. The highest BCUT2D eigenvalue weighted by atomic mass is 35.5. The number of hydrogen-bond donors (Lipinski definition) is 0. The van der Waals surface area contributed by atoms with E-state index in [4.69, 9.17) is 23.2 Å². The fraction of sp³-hybridized carbons (Fsp3) is 0.273. The Kier molecular flexibility index (Phi) is 2.73. The molecule has 0 unspecified atom stereocenters. The zero-order valence-electron chi connectivity index (χ0n) is 9.15. The third kappa shape index (κ3) is 1.86. The molecule has 0 saturated carbocycles. The van der Waals surface area contributed by atoms with Crippen LogP contribution in [-0.4, -0.2) is 24.1 Å². The van der Waals surface area contributed by atoms with E-state index in [1.165, 1.54) is 6.07 Å². The molecular formula is C11H8Cl2N2O2S. The highest BCUT2D eigenvalue weighted by molar-refractivity contribution is 7.91. The summed E-state index contributed by atoms with van der Waals surface area (Å²) in [7, 11) is -3.31. The molecule has 7 heteroatoms. The standard InChI is InChI=1S/C11H8Cl2N2O2S/c12-6-4-9-10(5-7(6)13)15-11-8(14-9)2-1-3-18(11,16)17/h4-5H,1-3H2. The van der Waals surface area contributed by atoms with Crippen molar-refractivity contribution in [1.82, 2.24) is 9.97 Å². The summed E-state index contributed by atoms with van der Waals surface area (Å²) in [4.78, 5) is 8.51. The molecule has 94 valence electrons. The van der Waals surface area contributed by atoms with Crippen LogP contribution >= 0.6 is 23.2 Å². The maximum atomic E-state index is 11.9. The monoisotopic (exact) mass is 302 g/mol. The molecule has 1 aliphatic heterocycles. The fourth-order valence-corrected chi connectivity index (χ4v) is 3.79. The maximum Gasteiger partial charge on any atom is 0.197 e. The summed E-state index contributed by atoms with van der Waals surface area (Å²) < 4.78 is 23.8. The predicted molar refractivity (Wildman–Crippen MR) is 69.9 cm³/mol. The Bertz CT molecular complexity index is 759. The molecule has 2 aromatic rings. The van der Waals surface area contributed by atoms with E-state index in [2.05, 4.69) is 9.97 Å². The average molecular weight is 303 g/mol. The number of aromatic nitrogens is 2. The van der Waals surface area contributed by atoms with E-state index in [0.29, 0.717) is 39.6 Å². The largest absolute Gasteiger partial charge is 0.248 e. The molecule has 0 aliphatic carbocycles. The quantitative estimate of drug-likeness (QED) is 0.750. The average Bonchev–Trinajstić information content (AvgIpc) is 2.29. The van der Waals surface area contributed by atoms with Crippen LogP contribution in [0.4, 0.5) is 0 Å². The second kappa shape index (κ2) is 4.05. The molecule has 1 aromatic heterocycles. The van der Waals surface area contributed by atoms with Gasteiger partial charge >= 0.3 is 0 Å². The number of fused-ring (bicyclic) bond motifs is 2. The van der Waals surface area contributed by atoms with E-state index in [9.17, 15) is 8.42 Å². The minimum Gasteiger partial charge on any atom is -0.248 e. The summed E-state index contributed by atoms with van der Waals surface area (Å²) >= 11 is 11.8. The molecule has 18 heavy (non-hydrogen) atoms. The Morgan fingerprint density at radius 1 is 1.06 bits per heavy atom. The van der Waals surface area contributed by atoms with Crippen LogP contribution in [0.1, 0.15) is 12.1 Å². The zero-order chi connectivity index (χ0) is 12.9. The van der Waals surface area contributed by atoms with Crippen molar-refractivity contribution in [3.05, 3.63) is 27.9 Å². The van der Waals surface area contributed by atoms with E-state index in [1.807, 2.05) is 0 Å². The lowest BCUT2D eigenvalue weighted by atomic mass is 10.2. The van der Waals surface area contributed by atoms with Gasteiger partial charge in [0.2, 0.25) is 0 Å². The molecule has 0 spiro atoms. The normalized spacial score (nSPS) is 17.7. The van der Waals surface area contributed by atoms with Crippen molar-refractivity contribution in [3.8, 4) is 0 Å². The van der Waals surface area contributed by atoms with Crippen LogP contribution in [0.15, 0.2) is 17.2 Å².